The lowest BCUT2D eigenvalue weighted by molar-refractivity contribution is 0.124. The fourth-order valence-electron chi connectivity index (χ4n) is 1.61. The molecule has 5 nitrogen and oxygen atoms in total. The van der Waals surface area contributed by atoms with Crippen LogP contribution in [0.1, 0.15) is 11.3 Å². The second-order valence-corrected chi connectivity index (χ2v) is 3.55. The Labute approximate surface area is 92.4 Å². The first-order chi connectivity index (χ1) is 7.72. The molecule has 0 bridgehead atoms. The van der Waals surface area contributed by atoms with Crippen LogP contribution in [0, 0.1) is 6.92 Å². The first-order valence-corrected chi connectivity index (χ1v) is 4.90. The minimum atomic E-state index is -0.139. The van der Waals surface area contributed by atoms with Gasteiger partial charge in [0.25, 0.3) is 0 Å². The average Bonchev–Trinajstić information content (AvgIpc) is 2.61. The number of imidazole rings is 1. The van der Waals surface area contributed by atoms with Crippen LogP contribution >= 0.6 is 0 Å². The largest absolute Gasteiger partial charge is 0.330 e. The van der Waals surface area contributed by atoms with Crippen LogP contribution in [0.4, 0.5) is 0 Å². The van der Waals surface area contributed by atoms with Crippen molar-refractivity contribution in [1.82, 2.24) is 9.55 Å². The molecule has 0 fully saturated rings. The minimum absolute atomic E-state index is 0.139. The van der Waals surface area contributed by atoms with Crippen LogP contribution in [-0.2, 0) is 11.4 Å². The summed E-state index contributed by atoms with van der Waals surface area (Å²) < 4.78 is 1.60. The third kappa shape index (κ3) is 1.91. The van der Waals surface area contributed by atoms with E-state index in [0.717, 1.165) is 16.9 Å². The highest BCUT2D eigenvalue weighted by Gasteiger charge is 2.04. The van der Waals surface area contributed by atoms with Crippen molar-refractivity contribution in [1.29, 1.82) is 0 Å². The van der Waals surface area contributed by atoms with Gasteiger partial charge in [0.2, 0.25) is 0 Å². The number of benzene rings is 1. The number of H-pyrrole nitrogens is 1. The topological polar surface area (TPSA) is 73.0 Å². The summed E-state index contributed by atoms with van der Waals surface area (Å²) in [4.78, 5) is 18.7. The first-order valence-electron chi connectivity index (χ1n) is 4.90. The van der Waals surface area contributed by atoms with Gasteiger partial charge in [-0.2, -0.15) is 0 Å². The second kappa shape index (κ2) is 4.34. The monoisotopic (exact) mass is 219 g/mol. The van der Waals surface area contributed by atoms with Gasteiger partial charge in [-0.25, -0.2) is 10.7 Å². The van der Waals surface area contributed by atoms with Gasteiger partial charge in [0, 0.05) is 11.9 Å². The van der Waals surface area contributed by atoms with Crippen molar-refractivity contribution in [3.05, 3.63) is 52.2 Å². The van der Waals surface area contributed by atoms with Gasteiger partial charge in [-0.3, -0.25) is 9.40 Å². The molecule has 0 amide bonds. The Balaban J connectivity index is 2.39. The summed E-state index contributed by atoms with van der Waals surface area (Å²) in [5.41, 5.74) is 2.52. The molecule has 1 aromatic heterocycles. The highest BCUT2D eigenvalue weighted by atomic mass is 16.6. The Bertz CT molecular complexity index is 525. The Morgan fingerprint density at radius 2 is 2.06 bits per heavy atom. The molecular formula is C11H13N3O2. The third-order valence-corrected chi connectivity index (χ3v) is 2.40. The van der Waals surface area contributed by atoms with E-state index in [1.54, 1.807) is 10.8 Å². The number of aromatic amines is 1. The SMILES string of the molecule is Cc1c[nH]c(=O)n1-c1ccc(CON)cc1. The van der Waals surface area contributed by atoms with Gasteiger partial charge >= 0.3 is 5.69 Å². The summed E-state index contributed by atoms with van der Waals surface area (Å²) in [6.07, 6.45) is 1.68. The molecule has 0 radical (unpaired) electrons. The van der Waals surface area contributed by atoms with Crippen LogP contribution in [0.3, 0.4) is 0 Å². The normalized spacial score (nSPS) is 10.6. The van der Waals surface area contributed by atoms with E-state index in [1.807, 2.05) is 31.2 Å². The number of aryl methyl sites for hydroxylation is 1. The maximum Gasteiger partial charge on any atom is 0.330 e. The third-order valence-electron chi connectivity index (χ3n) is 2.40. The number of nitrogens with one attached hydrogen (secondary N) is 1. The van der Waals surface area contributed by atoms with E-state index < -0.39 is 0 Å². The van der Waals surface area contributed by atoms with Crippen LogP contribution < -0.4 is 11.6 Å². The molecule has 1 heterocycles. The maximum atomic E-state index is 11.5. The highest BCUT2D eigenvalue weighted by Crippen LogP contribution is 2.10. The quantitative estimate of drug-likeness (QED) is 0.752. The predicted octanol–water partition coefficient (Wildman–Crippen LogP) is 0.864. The van der Waals surface area contributed by atoms with Crippen molar-refractivity contribution < 1.29 is 4.84 Å². The Hall–Kier alpha value is -1.85. The lowest BCUT2D eigenvalue weighted by atomic mass is 10.2. The number of rotatable bonds is 3. The van der Waals surface area contributed by atoms with Crippen LogP contribution in [0.15, 0.2) is 35.3 Å². The molecule has 0 aliphatic carbocycles. The Morgan fingerprint density at radius 3 is 2.56 bits per heavy atom. The molecule has 0 spiro atoms. The van der Waals surface area contributed by atoms with E-state index in [2.05, 4.69) is 9.82 Å². The van der Waals surface area contributed by atoms with E-state index in [9.17, 15) is 4.79 Å². The second-order valence-electron chi connectivity index (χ2n) is 3.55. The number of nitrogens with two attached hydrogens (primary N) is 1. The van der Waals surface area contributed by atoms with Crippen molar-refractivity contribution >= 4 is 0 Å². The van der Waals surface area contributed by atoms with E-state index in [0.29, 0.717) is 6.61 Å². The van der Waals surface area contributed by atoms with Gasteiger partial charge < -0.3 is 4.98 Å². The Morgan fingerprint density at radius 1 is 1.38 bits per heavy atom. The minimum Gasteiger partial charge on any atom is -0.312 e. The molecule has 1 aromatic carbocycles. The van der Waals surface area contributed by atoms with Crippen LogP contribution in [0.2, 0.25) is 0 Å². The number of nitrogens with zero attached hydrogens (tertiary/aromatic N) is 1. The zero-order chi connectivity index (χ0) is 11.5. The Kier molecular flexibility index (Phi) is 2.89. The lowest BCUT2D eigenvalue weighted by Gasteiger charge is -2.05. The van der Waals surface area contributed by atoms with Gasteiger partial charge in [0.15, 0.2) is 0 Å². The molecular weight excluding hydrogens is 206 g/mol. The fourth-order valence-corrected chi connectivity index (χ4v) is 1.61. The molecule has 5 heteroatoms. The van der Waals surface area contributed by atoms with Crippen LogP contribution in [-0.4, -0.2) is 9.55 Å². The first kappa shape index (κ1) is 10.7. The van der Waals surface area contributed by atoms with Crippen molar-refractivity contribution in [3.8, 4) is 5.69 Å². The number of hydrogen-bond donors (Lipinski definition) is 2. The molecule has 0 saturated carbocycles. The molecule has 0 unspecified atom stereocenters. The summed E-state index contributed by atoms with van der Waals surface area (Å²) in [6, 6.07) is 7.47. The summed E-state index contributed by atoms with van der Waals surface area (Å²) in [6.45, 7) is 2.23. The molecule has 2 aromatic rings. The summed E-state index contributed by atoms with van der Waals surface area (Å²) in [7, 11) is 0. The van der Waals surface area contributed by atoms with E-state index >= 15 is 0 Å². The highest BCUT2D eigenvalue weighted by molar-refractivity contribution is 5.35. The van der Waals surface area contributed by atoms with Gasteiger partial charge in [0.1, 0.15) is 0 Å². The standard InChI is InChI=1S/C11H13N3O2/c1-8-6-13-11(15)14(8)10-4-2-9(3-5-10)7-16-12/h2-6H,7,12H2,1H3,(H,13,15). The molecule has 3 N–H and O–H groups in total. The zero-order valence-electron chi connectivity index (χ0n) is 8.93. The fraction of sp³-hybridized carbons (Fsp3) is 0.182. The van der Waals surface area contributed by atoms with E-state index in [1.165, 1.54) is 0 Å². The van der Waals surface area contributed by atoms with Gasteiger partial charge in [-0.05, 0) is 24.6 Å². The molecule has 2 rings (SSSR count). The van der Waals surface area contributed by atoms with Gasteiger partial charge in [-0.1, -0.05) is 12.1 Å². The van der Waals surface area contributed by atoms with E-state index in [-0.39, 0.29) is 5.69 Å². The molecule has 0 aliphatic rings. The average molecular weight is 219 g/mol. The molecule has 0 saturated heterocycles. The maximum absolute atomic E-state index is 11.5. The predicted molar refractivity (Wildman–Crippen MR) is 60.1 cm³/mol. The van der Waals surface area contributed by atoms with Gasteiger partial charge in [-0.15, -0.1) is 0 Å². The van der Waals surface area contributed by atoms with Crippen molar-refractivity contribution in [2.45, 2.75) is 13.5 Å². The number of hydrogen-bond acceptors (Lipinski definition) is 3. The smallest absolute Gasteiger partial charge is 0.312 e. The summed E-state index contributed by atoms with van der Waals surface area (Å²) in [5, 5.41) is 0. The molecule has 16 heavy (non-hydrogen) atoms. The van der Waals surface area contributed by atoms with Crippen molar-refractivity contribution in [2.75, 3.05) is 0 Å². The number of aromatic nitrogens is 2. The molecule has 0 aliphatic heterocycles. The molecule has 84 valence electrons. The summed E-state index contributed by atoms with van der Waals surface area (Å²) in [5.74, 6) is 4.98. The van der Waals surface area contributed by atoms with E-state index in [4.69, 9.17) is 5.90 Å². The van der Waals surface area contributed by atoms with Crippen molar-refractivity contribution in [2.24, 2.45) is 5.90 Å². The van der Waals surface area contributed by atoms with Gasteiger partial charge in [0.05, 0.1) is 12.3 Å². The zero-order valence-corrected chi connectivity index (χ0v) is 8.93. The van der Waals surface area contributed by atoms with Crippen molar-refractivity contribution in [3.63, 3.8) is 0 Å². The van der Waals surface area contributed by atoms with Crippen LogP contribution in [0.5, 0.6) is 0 Å². The summed E-state index contributed by atoms with van der Waals surface area (Å²) >= 11 is 0. The van der Waals surface area contributed by atoms with Crippen LogP contribution in [0.25, 0.3) is 5.69 Å². The lowest BCUT2D eigenvalue weighted by Crippen LogP contribution is -2.15. The molecule has 0 atom stereocenters.